The summed E-state index contributed by atoms with van der Waals surface area (Å²) in [6.45, 7) is 10.1. The van der Waals surface area contributed by atoms with Gasteiger partial charge in [-0.1, -0.05) is 20.8 Å². The summed E-state index contributed by atoms with van der Waals surface area (Å²) in [7, 11) is 0. The normalized spacial score (nSPS) is 15.1. The molecule has 0 rings (SSSR count). The molecule has 3 N–H and O–H groups in total. The number of amidine groups is 1. The molecule has 14 heavy (non-hydrogen) atoms. The second kappa shape index (κ2) is 4.98. The van der Waals surface area contributed by atoms with E-state index < -0.39 is 6.04 Å². The number of aliphatic imine (C=N–C) groups is 1. The van der Waals surface area contributed by atoms with E-state index in [1.165, 1.54) is 0 Å². The minimum Gasteiger partial charge on any atom is -0.387 e. The Morgan fingerprint density at radius 2 is 2.00 bits per heavy atom. The zero-order valence-corrected chi connectivity index (χ0v) is 9.72. The van der Waals surface area contributed by atoms with Crippen molar-refractivity contribution >= 4 is 11.7 Å². The molecule has 0 spiro atoms. The number of amides is 1. The third-order valence-electron chi connectivity index (χ3n) is 1.83. The molecule has 0 aromatic carbocycles. The number of hydrogen-bond donors (Lipinski definition) is 2. The lowest BCUT2D eigenvalue weighted by molar-refractivity contribution is -0.121. The number of rotatable bonds is 3. The molecule has 0 saturated heterocycles. The van der Waals surface area contributed by atoms with Crippen LogP contribution in [0.4, 0.5) is 0 Å². The first-order valence-electron chi connectivity index (χ1n) is 4.90. The topological polar surface area (TPSA) is 67.5 Å². The summed E-state index contributed by atoms with van der Waals surface area (Å²) in [5.41, 5.74) is 5.58. The molecule has 0 aromatic heterocycles. The number of likely N-dealkylation sites (N-methyl/N-ethyl adjacent to an activating group) is 1. The molecule has 4 heteroatoms. The molecule has 0 aliphatic rings. The van der Waals surface area contributed by atoms with Crippen molar-refractivity contribution in [1.82, 2.24) is 5.32 Å². The van der Waals surface area contributed by atoms with E-state index >= 15 is 0 Å². The van der Waals surface area contributed by atoms with Crippen molar-refractivity contribution in [1.29, 1.82) is 0 Å². The average molecular weight is 199 g/mol. The summed E-state index contributed by atoms with van der Waals surface area (Å²) in [4.78, 5) is 15.5. The maximum absolute atomic E-state index is 11.3. The van der Waals surface area contributed by atoms with E-state index in [4.69, 9.17) is 5.73 Å². The highest BCUT2D eigenvalue weighted by Gasteiger charge is 2.18. The van der Waals surface area contributed by atoms with Crippen LogP contribution in [-0.4, -0.2) is 24.3 Å². The first-order chi connectivity index (χ1) is 6.29. The van der Waals surface area contributed by atoms with Gasteiger partial charge in [0.1, 0.15) is 11.9 Å². The van der Waals surface area contributed by atoms with Gasteiger partial charge >= 0.3 is 0 Å². The van der Waals surface area contributed by atoms with Gasteiger partial charge in [-0.2, -0.15) is 0 Å². The molecule has 0 heterocycles. The van der Waals surface area contributed by atoms with Gasteiger partial charge in [0.15, 0.2) is 0 Å². The zero-order valence-electron chi connectivity index (χ0n) is 9.72. The molecule has 0 aromatic rings. The number of carbonyl (C=O) groups excluding carboxylic acids is 1. The van der Waals surface area contributed by atoms with Crippen molar-refractivity contribution in [3.63, 3.8) is 0 Å². The molecule has 1 amide bonds. The van der Waals surface area contributed by atoms with Crippen molar-refractivity contribution in [2.45, 2.75) is 40.7 Å². The van der Waals surface area contributed by atoms with Crippen LogP contribution < -0.4 is 11.1 Å². The molecular weight excluding hydrogens is 178 g/mol. The summed E-state index contributed by atoms with van der Waals surface area (Å²) >= 11 is 0. The molecule has 1 unspecified atom stereocenters. The Balaban J connectivity index is 4.43. The van der Waals surface area contributed by atoms with E-state index in [9.17, 15) is 4.79 Å². The molecule has 0 aliphatic carbocycles. The SMILES string of the molecule is CCNC(=O)C(C)N=C(N)C(C)(C)C. The molecule has 0 saturated carbocycles. The average Bonchev–Trinajstić information content (AvgIpc) is 2.02. The summed E-state index contributed by atoms with van der Waals surface area (Å²) < 4.78 is 0. The number of nitrogens with one attached hydrogen (secondary N) is 1. The van der Waals surface area contributed by atoms with Crippen molar-refractivity contribution in [2.75, 3.05) is 6.54 Å². The fraction of sp³-hybridized carbons (Fsp3) is 0.800. The van der Waals surface area contributed by atoms with Gasteiger partial charge in [-0.05, 0) is 13.8 Å². The lowest BCUT2D eigenvalue weighted by Crippen LogP contribution is -2.36. The molecule has 82 valence electrons. The van der Waals surface area contributed by atoms with Crippen molar-refractivity contribution in [2.24, 2.45) is 16.1 Å². The predicted octanol–water partition coefficient (Wildman–Crippen LogP) is 0.914. The zero-order chi connectivity index (χ0) is 11.4. The second-order valence-electron chi connectivity index (χ2n) is 4.33. The Morgan fingerprint density at radius 1 is 1.50 bits per heavy atom. The van der Waals surface area contributed by atoms with Gasteiger partial charge in [0, 0.05) is 12.0 Å². The first kappa shape index (κ1) is 12.9. The van der Waals surface area contributed by atoms with Crippen LogP contribution in [0.5, 0.6) is 0 Å². The molecular formula is C10H21N3O. The van der Waals surface area contributed by atoms with Crippen LogP contribution in [0.2, 0.25) is 0 Å². The van der Waals surface area contributed by atoms with E-state index in [2.05, 4.69) is 10.3 Å². The Bertz CT molecular complexity index is 228. The van der Waals surface area contributed by atoms with E-state index in [0.29, 0.717) is 12.4 Å². The number of carbonyl (C=O) groups is 1. The largest absolute Gasteiger partial charge is 0.387 e. The van der Waals surface area contributed by atoms with Crippen LogP contribution >= 0.6 is 0 Å². The van der Waals surface area contributed by atoms with Crippen LogP contribution in [0.3, 0.4) is 0 Å². The van der Waals surface area contributed by atoms with Gasteiger partial charge in [-0.3, -0.25) is 9.79 Å². The lowest BCUT2D eigenvalue weighted by Gasteiger charge is -2.19. The third-order valence-corrected chi connectivity index (χ3v) is 1.83. The fourth-order valence-electron chi connectivity index (χ4n) is 0.783. The van der Waals surface area contributed by atoms with Gasteiger partial charge in [0.25, 0.3) is 0 Å². The van der Waals surface area contributed by atoms with E-state index in [0.717, 1.165) is 0 Å². The first-order valence-corrected chi connectivity index (χ1v) is 4.90. The van der Waals surface area contributed by atoms with Crippen LogP contribution in [0.25, 0.3) is 0 Å². The second-order valence-corrected chi connectivity index (χ2v) is 4.33. The highest BCUT2D eigenvalue weighted by Crippen LogP contribution is 2.13. The van der Waals surface area contributed by atoms with Crippen LogP contribution in [0, 0.1) is 5.41 Å². The third kappa shape index (κ3) is 4.25. The Labute approximate surface area is 86.0 Å². The Kier molecular flexibility index (Phi) is 4.60. The molecule has 0 radical (unpaired) electrons. The molecule has 0 fully saturated rings. The van der Waals surface area contributed by atoms with Gasteiger partial charge in [0.05, 0.1) is 0 Å². The molecule has 0 aliphatic heterocycles. The molecule has 0 bridgehead atoms. The summed E-state index contributed by atoms with van der Waals surface area (Å²) in [5, 5.41) is 2.70. The molecule has 1 atom stereocenters. The minimum absolute atomic E-state index is 0.0836. The van der Waals surface area contributed by atoms with Crippen molar-refractivity contribution in [3.05, 3.63) is 0 Å². The van der Waals surface area contributed by atoms with Gasteiger partial charge < -0.3 is 11.1 Å². The van der Waals surface area contributed by atoms with Gasteiger partial charge in [-0.25, -0.2) is 0 Å². The standard InChI is InChI=1S/C10H21N3O/c1-6-12-8(14)7(2)13-9(11)10(3,4)5/h7H,6H2,1-5H3,(H2,11,13)(H,12,14). The Morgan fingerprint density at radius 3 is 2.36 bits per heavy atom. The maximum atomic E-state index is 11.3. The Hall–Kier alpha value is -1.06. The smallest absolute Gasteiger partial charge is 0.244 e. The molecule has 4 nitrogen and oxygen atoms in total. The lowest BCUT2D eigenvalue weighted by atomic mass is 9.95. The maximum Gasteiger partial charge on any atom is 0.244 e. The van der Waals surface area contributed by atoms with Crippen LogP contribution in [0.15, 0.2) is 4.99 Å². The van der Waals surface area contributed by atoms with Crippen molar-refractivity contribution in [3.8, 4) is 0 Å². The van der Waals surface area contributed by atoms with Crippen LogP contribution in [0.1, 0.15) is 34.6 Å². The van der Waals surface area contributed by atoms with Gasteiger partial charge in [-0.15, -0.1) is 0 Å². The number of hydrogen-bond acceptors (Lipinski definition) is 2. The number of nitrogens with zero attached hydrogens (tertiary/aromatic N) is 1. The van der Waals surface area contributed by atoms with E-state index in [1.54, 1.807) is 6.92 Å². The fourth-order valence-corrected chi connectivity index (χ4v) is 0.783. The van der Waals surface area contributed by atoms with Gasteiger partial charge in [0.2, 0.25) is 5.91 Å². The summed E-state index contributed by atoms with van der Waals surface area (Å²) in [5.74, 6) is 0.427. The summed E-state index contributed by atoms with van der Waals surface area (Å²) in [6, 6.07) is -0.408. The summed E-state index contributed by atoms with van der Waals surface area (Å²) in [6.07, 6.45) is 0. The highest BCUT2D eigenvalue weighted by atomic mass is 16.2. The van der Waals surface area contributed by atoms with Crippen LogP contribution in [-0.2, 0) is 4.79 Å². The predicted molar refractivity (Wildman–Crippen MR) is 59.2 cm³/mol. The van der Waals surface area contributed by atoms with E-state index in [-0.39, 0.29) is 11.3 Å². The van der Waals surface area contributed by atoms with E-state index in [1.807, 2.05) is 27.7 Å². The highest BCUT2D eigenvalue weighted by molar-refractivity contribution is 5.89. The van der Waals surface area contributed by atoms with Crippen molar-refractivity contribution < 1.29 is 4.79 Å². The quantitative estimate of drug-likeness (QED) is 0.524. The monoisotopic (exact) mass is 199 g/mol. The minimum atomic E-state index is -0.408. The number of nitrogens with two attached hydrogens (primary N) is 1.